The Labute approximate surface area is 160 Å². The van der Waals surface area contributed by atoms with Gasteiger partial charge in [-0.3, -0.25) is 0 Å². The van der Waals surface area contributed by atoms with Crippen LogP contribution in [0.3, 0.4) is 0 Å². The Bertz CT molecular complexity index is 594. The minimum atomic E-state index is 0.592. The summed E-state index contributed by atoms with van der Waals surface area (Å²) in [5.41, 5.74) is 4.34. The second-order valence-corrected chi connectivity index (χ2v) is 8.63. The smallest absolute Gasteiger partial charge is 0.203 e. The van der Waals surface area contributed by atoms with Gasteiger partial charge in [-0.2, -0.15) is 0 Å². The van der Waals surface area contributed by atoms with E-state index >= 15 is 0 Å². The maximum atomic E-state index is 5.19. The van der Waals surface area contributed by atoms with Gasteiger partial charge < -0.3 is 4.74 Å². The van der Waals surface area contributed by atoms with E-state index in [1.165, 1.54) is 78.9 Å². The topological polar surface area (TPSA) is 9.23 Å². The highest BCUT2D eigenvalue weighted by atomic mass is 32.1. The van der Waals surface area contributed by atoms with Gasteiger partial charge in [0.05, 0.1) is 0 Å². The van der Waals surface area contributed by atoms with Crippen LogP contribution < -0.4 is 5.46 Å². The summed E-state index contributed by atoms with van der Waals surface area (Å²) in [4.78, 5) is 1.17. The summed E-state index contributed by atoms with van der Waals surface area (Å²) >= 11 is 4.71. The zero-order valence-corrected chi connectivity index (χ0v) is 16.9. The summed E-state index contributed by atoms with van der Waals surface area (Å²) in [6, 6.07) is 6.53. The van der Waals surface area contributed by atoms with E-state index in [1.807, 2.05) is 7.11 Å². The zero-order valence-electron chi connectivity index (χ0n) is 16.0. The van der Waals surface area contributed by atoms with Crippen molar-refractivity contribution in [3.8, 4) is 0 Å². The van der Waals surface area contributed by atoms with Crippen molar-refractivity contribution in [1.29, 1.82) is 0 Å². The van der Waals surface area contributed by atoms with Crippen LogP contribution in [-0.2, 0) is 4.74 Å². The van der Waals surface area contributed by atoms with Crippen molar-refractivity contribution in [2.24, 2.45) is 5.92 Å². The molecule has 0 radical (unpaired) electrons. The first kappa shape index (κ1) is 19.2. The normalized spacial score (nSPS) is 17.8. The molecule has 0 saturated carbocycles. The van der Waals surface area contributed by atoms with Gasteiger partial charge in [-0.05, 0) is 42.2 Å². The van der Waals surface area contributed by atoms with Crippen molar-refractivity contribution in [3.05, 3.63) is 29.7 Å². The van der Waals surface area contributed by atoms with Crippen LogP contribution in [0.25, 0.3) is 5.57 Å². The first-order valence-corrected chi connectivity index (χ1v) is 10.6. The van der Waals surface area contributed by atoms with Gasteiger partial charge in [0, 0.05) is 13.7 Å². The molecule has 25 heavy (non-hydrogen) atoms. The molecule has 0 aromatic heterocycles. The van der Waals surface area contributed by atoms with E-state index in [0.29, 0.717) is 6.71 Å². The van der Waals surface area contributed by atoms with Crippen LogP contribution in [0.2, 0.25) is 25.3 Å². The maximum Gasteiger partial charge on any atom is 0.203 e. The standard InChI is InChI=1S/C21H32B2OS/c1-17-16-23(21-19(17)7-3-8-20(21)25)12-5-11-22-13-9-18(10-14-22)6-4-15-24-2/h3,7-8,16,18,25H,4-6,9-15H2,1-2H3. The van der Waals surface area contributed by atoms with Crippen molar-refractivity contribution < 1.29 is 4.74 Å². The molecule has 0 aliphatic carbocycles. The number of hydrogen-bond donors (Lipinski definition) is 1. The molecule has 1 fully saturated rings. The Kier molecular flexibility index (Phi) is 7.18. The molecule has 0 atom stereocenters. The molecule has 1 saturated heterocycles. The van der Waals surface area contributed by atoms with Crippen LogP contribution >= 0.6 is 12.6 Å². The first-order chi connectivity index (χ1) is 12.2. The highest BCUT2D eigenvalue weighted by Crippen LogP contribution is 2.32. The Morgan fingerprint density at radius 1 is 1.16 bits per heavy atom. The molecule has 2 aliphatic rings. The highest BCUT2D eigenvalue weighted by molar-refractivity contribution is 7.80. The van der Waals surface area contributed by atoms with Gasteiger partial charge in [-0.25, -0.2) is 0 Å². The summed E-state index contributed by atoms with van der Waals surface area (Å²) in [6.45, 7) is 4.74. The van der Waals surface area contributed by atoms with E-state index in [4.69, 9.17) is 17.4 Å². The third kappa shape index (κ3) is 4.98. The van der Waals surface area contributed by atoms with Gasteiger partial charge in [-0.1, -0.05) is 67.7 Å². The third-order valence-corrected chi connectivity index (χ3v) is 6.77. The summed E-state index contributed by atoms with van der Waals surface area (Å²) in [7, 11) is 1.81. The summed E-state index contributed by atoms with van der Waals surface area (Å²) in [5, 5.41) is 0. The summed E-state index contributed by atoms with van der Waals surface area (Å²) < 4.78 is 5.19. The Morgan fingerprint density at radius 2 is 1.96 bits per heavy atom. The van der Waals surface area contributed by atoms with Gasteiger partial charge in [0.1, 0.15) is 6.71 Å². The minimum absolute atomic E-state index is 0.592. The Balaban J connectivity index is 1.40. The molecule has 0 unspecified atom stereocenters. The first-order valence-electron chi connectivity index (χ1n) is 10.2. The lowest BCUT2D eigenvalue weighted by molar-refractivity contribution is 0.185. The van der Waals surface area contributed by atoms with Crippen LogP contribution in [0.5, 0.6) is 0 Å². The highest BCUT2D eigenvalue weighted by Gasteiger charge is 2.27. The van der Waals surface area contributed by atoms with Crippen molar-refractivity contribution in [3.63, 3.8) is 0 Å². The van der Waals surface area contributed by atoms with Crippen LogP contribution in [0.15, 0.2) is 29.1 Å². The van der Waals surface area contributed by atoms with E-state index in [-0.39, 0.29) is 0 Å². The molecule has 2 aliphatic heterocycles. The van der Waals surface area contributed by atoms with Crippen molar-refractivity contribution >= 4 is 37.1 Å². The number of ether oxygens (including phenoxy) is 1. The number of methoxy groups -OCH3 is 1. The Morgan fingerprint density at radius 3 is 2.72 bits per heavy atom. The summed E-state index contributed by atoms with van der Waals surface area (Å²) in [6.07, 6.45) is 12.5. The van der Waals surface area contributed by atoms with Gasteiger partial charge >= 0.3 is 0 Å². The second-order valence-electron chi connectivity index (χ2n) is 8.15. The lowest BCUT2D eigenvalue weighted by Gasteiger charge is -2.26. The average molecular weight is 354 g/mol. The molecule has 1 aromatic carbocycles. The number of allylic oxidation sites excluding steroid dienone is 1. The SMILES string of the molecule is COCCCC1CCB(CCCB2C=C(C)c3cccc(S)c32)CC1. The fourth-order valence-electron chi connectivity index (χ4n) is 4.94. The van der Waals surface area contributed by atoms with Gasteiger partial charge in [0.15, 0.2) is 0 Å². The number of fused-ring (bicyclic) bond motifs is 1. The van der Waals surface area contributed by atoms with E-state index in [0.717, 1.165) is 19.2 Å². The van der Waals surface area contributed by atoms with Crippen LogP contribution in [0.4, 0.5) is 0 Å². The molecule has 0 N–H and O–H groups in total. The predicted octanol–water partition coefficient (Wildman–Crippen LogP) is 5.35. The summed E-state index contributed by atoms with van der Waals surface area (Å²) in [5.74, 6) is 3.43. The van der Waals surface area contributed by atoms with Crippen molar-refractivity contribution in [1.82, 2.24) is 0 Å². The molecule has 134 valence electrons. The van der Waals surface area contributed by atoms with Crippen LogP contribution in [-0.4, -0.2) is 27.1 Å². The molecular formula is C21H32B2OS. The number of thiol groups is 1. The van der Waals surface area contributed by atoms with Gasteiger partial charge in [0.25, 0.3) is 0 Å². The molecule has 0 spiro atoms. The number of benzene rings is 1. The lowest BCUT2D eigenvalue weighted by Crippen LogP contribution is -2.29. The van der Waals surface area contributed by atoms with Crippen molar-refractivity contribution in [2.75, 3.05) is 13.7 Å². The largest absolute Gasteiger partial charge is 0.385 e. The van der Waals surface area contributed by atoms with Crippen LogP contribution in [0.1, 0.15) is 44.6 Å². The van der Waals surface area contributed by atoms with Crippen LogP contribution in [0, 0.1) is 5.92 Å². The number of rotatable bonds is 8. The van der Waals surface area contributed by atoms with Gasteiger partial charge in [-0.15, -0.1) is 18.6 Å². The third-order valence-electron chi connectivity index (χ3n) is 6.38. The molecule has 2 heterocycles. The minimum Gasteiger partial charge on any atom is -0.385 e. The van der Waals surface area contributed by atoms with E-state index in [2.05, 4.69) is 31.1 Å². The molecule has 1 aromatic rings. The molecule has 0 amide bonds. The molecule has 4 heteroatoms. The number of hydrogen-bond acceptors (Lipinski definition) is 2. The fraction of sp³-hybridized carbons (Fsp3) is 0.619. The van der Waals surface area contributed by atoms with E-state index < -0.39 is 0 Å². The van der Waals surface area contributed by atoms with E-state index in [1.54, 1.807) is 0 Å². The molecule has 1 nitrogen and oxygen atoms in total. The predicted molar refractivity (Wildman–Crippen MR) is 116 cm³/mol. The van der Waals surface area contributed by atoms with Gasteiger partial charge in [0.2, 0.25) is 6.71 Å². The second kappa shape index (κ2) is 9.37. The average Bonchev–Trinajstić information content (AvgIpc) is 2.94. The quantitative estimate of drug-likeness (QED) is 0.376. The fourth-order valence-corrected chi connectivity index (χ4v) is 5.31. The molecule has 3 rings (SSSR count). The molecular weight excluding hydrogens is 322 g/mol. The Hall–Kier alpha value is -0.600. The monoisotopic (exact) mass is 354 g/mol. The molecule has 0 bridgehead atoms. The zero-order chi connectivity index (χ0) is 17.6. The van der Waals surface area contributed by atoms with Crippen molar-refractivity contribution in [2.45, 2.75) is 69.2 Å². The lowest BCUT2D eigenvalue weighted by atomic mass is 9.36. The van der Waals surface area contributed by atoms with E-state index in [9.17, 15) is 0 Å². The maximum absolute atomic E-state index is 5.19.